The van der Waals surface area contributed by atoms with Crippen LogP contribution >= 0.6 is 0 Å². The highest BCUT2D eigenvalue weighted by atomic mass is 16.1. The number of hydrogen-bond acceptors (Lipinski definition) is 1. The van der Waals surface area contributed by atoms with Gasteiger partial charge in [-0.25, -0.2) is 0 Å². The Morgan fingerprint density at radius 3 is 2.33 bits per heavy atom. The van der Waals surface area contributed by atoms with E-state index in [9.17, 15) is 4.79 Å². The maximum absolute atomic E-state index is 12.7. The van der Waals surface area contributed by atoms with Crippen LogP contribution in [0.15, 0.2) is 67.0 Å². The minimum Gasteiger partial charge on any atom is -0.366 e. The summed E-state index contributed by atoms with van der Waals surface area (Å²) in [5, 5.41) is 0. The van der Waals surface area contributed by atoms with Gasteiger partial charge in [-0.1, -0.05) is 61.5 Å². The lowest BCUT2D eigenvalue weighted by Gasteiger charge is -2.05. The third-order valence-electron chi connectivity index (χ3n) is 3.70. The first-order chi connectivity index (χ1) is 10.3. The fraction of sp³-hybridized carbons (Fsp3) is 0.105. The molecule has 2 heteroatoms. The van der Waals surface area contributed by atoms with Gasteiger partial charge >= 0.3 is 0 Å². The number of benzene rings is 2. The lowest BCUT2D eigenvalue weighted by Crippen LogP contribution is -2.01. The van der Waals surface area contributed by atoms with Crippen LogP contribution in [-0.2, 0) is 6.42 Å². The maximum atomic E-state index is 12.7. The molecule has 0 amide bonds. The van der Waals surface area contributed by atoms with Gasteiger partial charge in [0.15, 0.2) is 5.78 Å². The van der Waals surface area contributed by atoms with Gasteiger partial charge < -0.3 is 4.98 Å². The summed E-state index contributed by atoms with van der Waals surface area (Å²) in [6.45, 7) is 2.11. The number of aromatic nitrogens is 1. The Morgan fingerprint density at radius 2 is 1.67 bits per heavy atom. The number of carbonyl (C=O) groups excluding carboxylic acids is 1. The minimum atomic E-state index is 0.0535. The first-order valence-corrected chi connectivity index (χ1v) is 7.15. The molecular weight excluding hydrogens is 258 g/mol. The van der Waals surface area contributed by atoms with E-state index in [0.717, 1.165) is 23.1 Å². The van der Waals surface area contributed by atoms with Gasteiger partial charge in [0.05, 0.1) is 0 Å². The topological polar surface area (TPSA) is 32.9 Å². The van der Waals surface area contributed by atoms with Crippen LogP contribution in [0.1, 0.15) is 28.4 Å². The lowest BCUT2D eigenvalue weighted by molar-refractivity contribution is 0.103. The number of nitrogens with one attached hydrogen (secondary N) is 1. The van der Waals surface area contributed by atoms with E-state index in [1.54, 1.807) is 6.20 Å². The monoisotopic (exact) mass is 275 g/mol. The number of hydrogen-bond donors (Lipinski definition) is 1. The van der Waals surface area contributed by atoms with E-state index < -0.39 is 0 Å². The van der Waals surface area contributed by atoms with E-state index in [4.69, 9.17) is 0 Å². The standard InChI is InChI=1S/C19H17NO/c1-2-14-8-10-16(11-9-14)19(21)18-13-20-12-17(18)15-6-4-3-5-7-15/h3-13,20H,2H2,1H3. The summed E-state index contributed by atoms with van der Waals surface area (Å²) in [4.78, 5) is 15.7. The third-order valence-corrected chi connectivity index (χ3v) is 3.70. The Hall–Kier alpha value is -2.61. The first-order valence-electron chi connectivity index (χ1n) is 7.15. The van der Waals surface area contributed by atoms with Crippen molar-refractivity contribution in [2.75, 3.05) is 0 Å². The number of rotatable bonds is 4. The first kappa shape index (κ1) is 13.4. The van der Waals surface area contributed by atoms with Crippen molar-refractivity contribution < 1.29 is 4.79 Å². The molecule has 0 aliphatic heterocycles. The SMILES string of the molecule is CCc1ccc(C(=O)c2c[nH]cc2-c2ccccc2)cc1. The van der Waals surface area contributed by atoms with E-state index in [1.807, 2.05) is 60.8 Å². The molecule has 21 heavy (non-hydrogen) atoms. The molecule has 0 saturated carbocycles. The van der Waals surface area contributed by atoms with Crippen LogP contribution in [-0.4, -0.2) is 10.8 Å². The fourth-order valence-corrected chi connectivity index (χ4v) is 2.46. The molecule has 1 N–H and O–H groups in total. The summed E-state index contributed by atoms with van der Waals surface area (Å²) in [7, 11) is 0. The molecule has 0 fully saturated rings. The molecule has 3 aromatic rings. The molecule has 0 aliphatic rings. The van der Waals surface area contributed by atoms with Gasteiger partial charge in [0, 0.05) is 29.1 Å². The molecule has 3 rings (SSSR count). The highest BCUT2D eigenvalue weighted by Crippen LogP contribution is 2.25. The van der Waals surface area contributed by atoms with Gasteiger partial charge in [0.2, 0.25) is 0 Å². The number of aromatic amines is 1. The van der Waals surface area contributed by atoms with Crippen molar-refractivity contribution in [1.82, 2.24) is 4.98 Å². The third kappa shape index (κ3) is 2.65. The Bertz CT molecular complexity index is 739. The summed E-state index contributed by atoms with van der Waals surface area (Å²) in [5.74, 6) is 0.0535. The molecule has 0 bridgehead atoms. The van der Waals surface area contributed by atoms with Crippen LogP contribution in [0.3, 0.4) is 0 Å². The zero-order valence-electron chi connectivity index (χ0n) is 12.0. The summed E-state index contributed by atoms with van der Waals surface area (Å²) in [6.07, 6.45) is 4.63. The predicted octanol–water partition coefficient (Wildman–Crippen LogP) is 4.48. The second-order valence-electron chi connectivity index (χ2n) is 5.03. The summed E-state index contributed by atoms with van der Waals surface area (Å²) < 4.78 is 0. The van der Waals surface area contributed by atoms with Crippen molar-refractivity contribution in [3.63, 3.8) is 0 Å². The van der Waals surface area contributed by atoms with Crippen LogP contribution in [0, 0.1) is 0 Å². The molecular formula is C19H17NO. The van der Waals surface area contributed by atoms with Crippen molar-refractivity contribution in [3.05, 3.63) is 83.7 Å². The highest BCUT2D eigenvalue weighted by molar-refractivity contribution is 6.12. The average Bonchev–Trinajstić information content (AvgIpc) is 3.04. The van der Waals surface area contributed by atoms with Gasteiger partial charge in [-0.15, -0.1) is 0 Å². The molecule has 0 unspecified atom stereocenters. The van der Waals surface area contributed by atoms with E-state index >= 15 is 0 Å². The zero-order chi connectivity index (χ0) is 14.7. The lowest BCUT2D eigenvalue weighted by atomic mass is 9.97. The van der Waals surface area contributed by atoms with Crippen molar-refractivity contribution in [2.24, 2.45) is 0 Å². The molecule has 2 aromatic carbocycles. The van der Waals surface area contributed by atoms with Gasteiger partial charge in [0.1, 0.15) is 0 Å². The molecule has 0 atom stereocenters. The van der Waals surface area contributed by atoms with E-state index in [2.05, 4.69) is 11.9 Å². The van der Waals surface area contributed by atoms with Crippen LogP contribution in [0.25, 0.3) is 11.1 Å². The molecule has 2 nitrogen and oxygen atoms in total. The average molecular weight is 275 g/mol. The van der Waals surface area contributed by atoms with Gasteiger partial charge in [-0.3, -0.25) is 4.79 Å². The molecule has 1 aromatic heterocycles. The molecule has 0 saturated heterocycles. The van der Waals surface area contributed by atoms with Crippen molar-refractivity contribution in [3.8, 4) is 11.1 Å². The van der Waals surface area contributed by atoms with Gasteiger partial charge in [-0.05, 0) is 17.5 Å². The van der Waals surface area contributed by atoms with E-state index in [0.29, 0.717) is 5.56 Å². The van der Waals surface area contributed by atoms with Crippen LogP contribution in [0.4, 0.5) is 0 Å². The summed E-state index contributed by atoms with van der Waals surface area (Å²) >= 11 is 0. The zero-order valence-corrected chi connectivity index (χ0v) is 12.0. The van der Waals surface area contributed by atoms with Crippen LogP contribution in [0.5, 0.6) is 0 Å². The normalized spacial score (nSPS) is 10.5. The number of H-pyrrole nitrogens is 1. The highest BCUT2D eigenvalue weighted by Gasteiger charge is 2.15. The smallest absolute Gasteiger partial charge is 0.195 e. The van der Waals surface area contributed by atoms with Crippen molar-refractivity contribution in [2.45, 2.75) is 13.3 Å². The Morgan fingerprint density at radius 1 is 0.952 bits per heavy atom. The minimum absolute atomic E-state index is 0.0535. The quantitative estimate of drug-likeness (QED) is 0.700. The Kier molecular flexibility index (Phi) is 3.69. The number of ketones is 1. The van der Waals surface area contributed by atoms with Gasteiger partial charge in [-0.2, -0.15) is 0 Å². The predicted molar refractivity (Wildman–Crippen MR) is 85.5 cm³/mol. The molecule has 1 heterocycles. The Labute approximate surface area is 124 Å². The summed E-state index contributed by atoms with van der Waals surface area (Å²) in [6, 6.07) is 17.8. The largest absolute Gasteiger partial charge is 0.366 e. The molecule has 0 spiro atoms. The van der Waals surface area contributed by atoms with Crippen LogP contribution < -0.4 is 0 Å². The van der Waals surface area contributed by atoms with Crippen molar-refractivity contribution >= 4 is 5.78 Å². The van der Waals surface area contributed by atoms with Crippen molar-refractivity contribution in [1.29, 1.82) is 0 Å². The number of carbonyl (C=O) groups is 1. The molecule has 0 radical (unpaired) electrons. The van der Waals surface area contributed by atoms with E-state index in [-0.39, 0.29) is 5.78 Å². The van der Waals surface area contributed by atoms with E-state index in [1.165, 1.54) is 5.56 Å². The summed E-state index contributed by atoms with van der Waals surface area (Å²) in [5.41, 5.74) is 4.67. The van der Waals surface area contributed by atoms with Crippen LogP contribution in [0.2, 0.25) is 0 Å². The van der Waals surface area contributed by atoms with Gasteiger partial charge in [0.25, 0.3) is 0 Å². The second kappa shape index (κ2) is 5.80. The second-order valence-corrected chi connectivity index (χ2v) is 5.03. The molecule has 104 valence electrons. The number of aryl methyl sites for hydroxylation is 1. The Balaban J connectivity index is 1.97. The maximum Gasteiger partial charge on any atom is 0.195 e. The fourth-order valence-electron chi connectivity index (χ4n) is 2.46. The molecule has 0 aliphatic carbocycles.